The van der Waals surface area contributed by atoms with E-state index in [2.05, 4.69) is 47.4 Å². The molecule has 2 aliphatic heterocycles. The van der Waals surface area contributed by atoms with Crippen LogP contribution >= 0.6 is 0 Å². The molecule has 5 heteroatoms. The van der Waals surface area contributed by atoms with E-state index in [9.17, 15) is 4.79 Å². The van der Waals surface area contributed by atoms with E-state index in [0.29, 0.717) is 18.6 Å². The van der Waals surface area contributed by atoms with Crippen molar-refractivity contribution in [3.8, 4) is 0 Å². The van der Waals surface area contributed by atoms with E-state index >= 15 is 0 Å². The molecule has 2 aromatic rings. The van der Waals surface area contributed by atoms with Crippen LogP contribution in [0.5, 0.6) is 0 Å². The Hall–Kier alpha value is -2.11. The Kier molecular flexibility index (Phi) is 7.40. The van der Waals surface area contributed by atoms with Crippen molar-refractivity contribution >= 4 is 16.9 Å². The lowest BCUT2D eigenvalue weighted by molar-refractivity contribution is -0.151. The van der Waals surface area contributed by atoms with Gasteiger partial charge in [-0.25, -0.2) is 0 Å². The predicted molar refractivity (Wildman–Crippen MR) is 136 cm³/mol. The van der Waals surface area contributed by atoms with Gasteiger partial charge in [0.1, 0.15) is 0 Å². The zero-order valence-electron chi connectivity index (χ0n) is 20.7. The average molecular weight is 465 g/mol. The van der Waals surface area contributed by atoms with E-state index in [1.54, 1.807) is 0 Å². The van der Waals surface area contributed by atoms with E-state index in [0.717, 1.165) is 83.7 Å². The van der Waals surface area contributed by atoms with Crippen LogP contribution in [0.2, 0.25) is 0 Å². The Morgan fingerprint density at radius 1 is 1.29 bits per heavy atom. The molecule has 0 radical (unpaired) electrons. The maximum atomic E-state index is 13.2. The van der Waals surface area contributed by atoms with Gasteiger partial charge >= 0.3 is 5.97 Å². The van der Waals surface area contributed by atoms with Gasteiger partial charge in [0, 0.05) is 61.9 Å². The van der Waals surface area contributed by atoms with Crippen LogP contribution in [-0.4, -0.2) is 54.4 Å². The molecule has 5 rings (SSSR count). The number of benzene rings is 1. The molecule has 1 aromatic heterocycles. The minimum atomic E-state index is -0.0705. The van der Waals surface area contributed by atoms with E-state index < -0.39 is 0 Å². The van der Waals surface area contributed by atoms with Crippen molar-refractivity contribution in [1.82, 2.24) is 9.47 Å². The summed E-state index contributed by atoms with van der Waals surface area (Å²) in [7, 11) is 0. The Bertz CT molecular complexity index is 1010. The smallest absolute Gasteiger partial charge is 0.310 e. The Morgan fingerprint density at radius 3 is 2.94 bits per heavy atom. The molecule has 5 nitrogen and oxygen atoms in total. The molecule has 0 amide bonds. The molecular formula is C29H40N2O3. The predicted octanol–water partition coefficient (Wildman–Crippen LogP) is 5.32. The number of likely N-dealkylation sites (tertiary alicyclic amines) is 1. The Labute approximate surface area is 204 Å². The third-order valence-electron chi connectivity index (χ3n) is 8.28. The summed E-state index contributed by atoms with van der Waals surface area (Å²) in [4.78, 5) is 15.6. The molecule has 34 heavy (non-hydrogen) atoms. The van der Waals surface area contributed by atoms with Gasteiger partial charge in [0.15, 0.2) is 0 Å². The van der Waals surface area contributed by atoms with Crippen LogP contribution < -0.4 is 0 Å². The monoisotopic (exact) mass is 464 g/mol. The van der Waals surface area contributed by atoms with Gasteiger partial charge in [-0.1, -0.05) is 25.1 Å². The Balaban J connectivity index is 1.29. The van der Waals surface area contributed by atoms with Crippen molar-refractivity contribution in [3.05, 3.63) is 48.2 Å². The number of piperidine rings is 1. The van der Waals surface area contributed by atoms with Gasteiger partial charge in [0.2, 0.25) is 0 Å². The highest BCUT2D eigenvalue weighted by Crippen LogP contribution is 2.45. The minimum Gasteiger partial charge on any atom is -0.465 e. The third kappa shape index (κ3) is 4.70. The first-order valence-electron chi connectivity index (χ1n) is 13.4. The Morgan fingerprint density at radius 2 is 2.15 bits per heavy atom. The normalized spacial score (nSPS) is 25.3. The van der Waals surface area contributed by atoms with Gasteiger partial charge in [0.05, 0.1) is 12.5 Å². The first kappa shape index (κ1) is 23.6. The maximum Gasteiger partial charge on any atom is 0.310 e. The van der Waals surface area contributed by atoms with Gasteiger partial charge in [-0.05, 0) is 68.1 Å². The lowest BCUT2D eigenvalue weighted by atomic mass is 9.72. The van der Waals surface area contributed by atoms with Gasteiger partial charge in [0.25, 0.3) is 0 Å². The molecule has 0 bridgehead atoms. The largest absolute Gasteiger partial charge is 0.465 e. The summed E-state index contributed by atoms with van der Waals surface area (Å²) < 4.78 is 13.7. The fourth-order valence-corrected chi connectivity index (χ4v) is 6.64. The second-order valence-corrected chi connectivity index (χ2v) is 10.5. The molecule has 3 heterocycles. The fraction of sp³-hybridized carbons (Fsp3) is 0.621. The molecule has 2 fully saturated rings. The van der Waals surface area contributed by atoms with Gasteiger partial charge in [-0.3, -0.25) is 9.69 Å². The summed E-state index contributed by atoms with van der Waals surface area (Å²) in [6.45, 7) is 11.2. The zero-order chi connectivity index (χ0) is 23.5. The highest BCUT2D eigenvalue weighted by Gasteiger charge is 2.43. The number of carbonyl (C=O) groups is 1. The highest BCUT2D eigenvalue weighted by molar-refractivity contribution is 5.89. The van der Waals surface area contributed by atoms with Crippen LogP contribution in [-0.2, 0) is 27.2 Å². The summed E-state index contributed by atoms with van der Waals surface area (Å²) in [6.07, 6.45) is 11.8. The van der Waals surface area contributed by atoms with Crippen molar-refractivity contribution in [2.75, 3.05) is 32.9 Å². The number of ether oxygens (including phenoxy) is 2. The van der Waals surface area contributed by atoms with Crippen molar-refractivity contribution in [2.24, 2.45) is 11.8 Å². The van der Waals surface area contributed by atoms with E-state index in [1.165, 1.54) is 22.0 Å². The van der Waals surface area contributed by atoms with Crippen LogP contribution in [0.4, 0.5) is 0 Å². The lowest BCUT2D eigenvalue weighted by Gasteiger charge is -2.46. The summed E-state index contributed by atoms with van der Waals surface area (Å²) in [6, 6.07) is 7.18. The molecule has 0 saturated carbocycles. The molecule has 1 aliphatic carbocycles. The maximum absolute atomic E-state index is 13.2. The number of hydrogen-bond donors (Lipinski definition) is 0. The second-order valence-electron chi connectivity index (χ2n) is 10.5. The van der Waals surface area contributed by atoms with Crippen LogP contribution in [0.25, 0.3) is 10.9 Å². The molecule has 184 valence electrons. The molecular weight excluding hydrogens is 424 g/mol. The first-order chi connectivity index (χ1) is 16.7. The number of nitrogens with zero attached hydrogens (tertiary/aromatic N) is 2. The lowest BCUT2D eigenvalue weighted by Crippen LogP contribution is -2.51. The number of hydrogen-bond acceptors (Lipinski definition) is 4. The summed E-state index contributed by atoms with van der Waals surface area (Å²) in [5, 5.41) is 1.43. The van der Waals surface area contributed by atoms with Crippen LogP contribution in [0, 0.1) is 11.8 Å². The molecule has 1 unspecified atom stereocenters. The molecule has 0 N–H and O–H groups in total. The van der Waals surface area contributed by atoms with Gasteiger partial charge in [-0.2, -0.15) is 0 Å². The topological polar surface area (TPSA) is 43.7 Å². The number of aromatic nitrogens is 1. The van der Waals surface area contributed by atoms with Crippen LogP contribution in [0.15, 0.2) is 37.1 Å². The quantitative estimate of drug-likeness (QED) is 0.286. The summed E-state index contributed by atoms with van der Waals surface area (Å²) in [5.74, 6) is 1.00. The molecule has 3 atom stereocenters. The SMILES string of the molecule is C=CCN1C[C@H](C(=O)OCCCC2CCOCC2)CC2c3cccc4c3c(cn4CCC)C[C@H]21. The molecule has 1 aromatic carbocycles. The summed E-state index contributed by atoms with van der Waals surface area (Å²) in [5.41, 5.74) is 4.23. The second kappa shape index (κ2) is 10.7. The van der Waals surface area contributed by atoms with Crippen molar-refractivity contribution in [2.45, 2.75) is 70.4 Å². The number of fused-ring (bicyclic) bond motifs is 2. The average Bonchev–Trinajstić information content (AvgIpc) is 3.21. The van der Waals surface area contributed by atoms with Gasteiger partial charge < -0.3 is 14.0 Å². The van der Waals surface area contributed by atoms with Crippen molar-refractivity contribution in [3.63, 3.8) is 0 Å². The minimum absolute atomic E-state index is 0.0129. The summed E-state index contributed by atoms with van der Waals surface area (Å²) >= 11 is 0. The number of esters is 1. The van der Waals surface area contributed by atoms with Crippen molar-refractivity contribution < 1.29 is 14.3 Å². The number of aryl methyl sites for hydroxylation is 1. The number of rotatable bonds is 9. The molecule has 2 saturated heterocycles. The number of carbonyl (C=O) groups excluding carboxylic acids is 1. The fourth-order valence-electron chi connectivity index (χ4n) is 6.64. The van der Waals surface area contributed by atoms with Gasteiger partial charge in [-0.15, -0.1) is 6.58 Å². The highest BCUT2D eigenvalue weighted by atomic mass is 16.5. The van der Waals surface area contributed by atoms with Crippen LogP contribution in [0.1, 0.15) is 62.5 Å². The van der Waals surface area contributed by atoms with E-state index in [4.69, 9.17) is 9.47 Å². The van der Waals surface area contributed by atoms with E-state index in [-0.39, 0.29) is 11.9 Å². The zero-order valence-corrected chi connectivity index (χ0v) is 20.7. The van der Waals surface area contributed by atoms with E-state index in [1.807, 2.05) is 6.08 Å². The third-order valence-corrected chi connectivity index (χ3v) is 8.28. The first-order valence-corrected chi connectivity index (χ1v) is 13.4. The van der Waals surface area contributed by atoms with Crippen LogP contribution in [0.3, 0.4) is 0 Å². The molecule has 0 spiro atoms. The molecule has 3 aliphatic rings. The van der Waals surface area contributed by atoms with Crippen molar-refractivity contribution in [1.29, 1.82) is 0 Å². The standard InChI is InChI=1S/C29H40N2O3/c1-3-12-30-19-22-18-27-25(24-8-5-9-26(30)28(22)24)17-23(20-31(27)13-4-2)29(32)34-14-6-7-21-10-15-33-16-11-21/h4-5,8-9,19,21,23,25,27H,2-3,6-7,10-18,20H2,1H3/t23-,25?,27-/m1/s1.